The Labute approximate surface area is 163 Å². The maximum Gasteiger partial charge on any atom is 0.260 e. The number of hydrogen-bond acceptors (Lipinski definition) is 5. The first kappa shape index (κ1) is 17.2. The Bertz CT molecular complexity index is 987. The van der Waals surface area contributed by atoms with Crippen LogP contribution >= 0.6 is 0 Å². The van der Waals surface area contributed by atoms with Crippen molar-refractivity contribution in [3.05, 3.63) is 54.2 Å². The lowest BCUT2D eigenvalue weighted by atomic mass is 9.97. The minimum absolute atomic E-state index is 0.0239. The number of carbonyl (C=O) groups excluding carboxylic acids is 1. The van der Waals surface area contributed by atoms with Crippen molar-refractivity contribution in [2.75, 3.05) is 19.7 Å². The van der Waals surface area contributed by atoms with Crippen LogP contribution in [0.4, 0.5) is 0 Å². The number of aromatic nitrogens is 2. The van der Waals surface area contributed by atoms with E-state index in [1.165, 1.54) is 0 Å². The second-order valence-electron chi connectivity index (χ2n) is 7.71. The molecule has 1 amide bonds. The Kier molecular flexibility index (Phi) is 4.47. The number of benzene rings is 2. The molecule has 144 valence electrons. The molecule has 2 fully saturated rings. The summed E-state index contributed by atoms with van der Waals surface area (Å²) in [4.78, 5) is 14.4. The van der Waals surface area contributed by atoms with Gasteiger partial charge in [0.05, 0.1) is 0 Å². The molecule has 2 aromatic carbocycles. The van der Waals surface area contributed by atoms with Crippen LogP contribution in [-0.4, -0.2) is 40.7 Å². The van der Waals surface area contributed by atoms with E-state index in [4.69, 9.17) is 9.15 Å². The SMILES string of the molecule is O=C(COc1ccc2ccccc2c1)N1CCC(c2nnc(C3CC3)o2)CC1. The van der Waals surface area contributed by atoms with Crippen molar-refractivity contribution in [2.45, 2.75) is 37.5 Å². The van der Waals surface area contributed by atoms with Gasteiger partial charge >= 0.3 is 0 Å². The molecular formula is C22H23N3O3. The molecule has 28 heavy (non-hydrogen) atoms. The average molecular weight is 377 g/mol. The maximum absolute atomic E-state index is 12.5. The Balaban J connectivity index is 1.14. The number of nitrogens with zero attached hydrogens (tertiary/aromatic N) is 3. The second-order valence-corrected chi connectivity index (χ2v) is 7.71. The predicted molar refractivity (Wildman–Crippen MR) is 104 cm³/mol. The van der Waals surface area contributed by atoms with Gasteiger partial charge in [0, 0.05) is 24.9 Å². The molecule has 0 bridgehead atoms. The normalized spacial score (nSPS) is 17.8. The second kappa shape index (κ2) is 7.26. The van der Waals surface area contributed by atoms with Crippen LogP contribution in [0.3, 0.4) is 0 Å². The third kappa shape index (κ3) is 3.59. The smallest absolute Gasteiger partial charge is 0.260 e. The van der Waals surface area contributed by atoms with Crippen LogP contribution in [0.2, 0.25) is 0 Å². The molecule has 1 saturated carbocycles. The summed E-state index contributed by atoms with van der Waals surface area (Å²) in [5.74, 6) is 3.01. The largest absolute Gasteiger partial charge is 0.484 e. The Hall–Kier alpha value is -2.89. The number of ether oxygens (including phenoxy) is 1. The molecule has 6 nitrogen and oxygen atoms in total. The number of rotatable bonds is 5. The highest BCUT2D eigenvalue weighted by Crippen LogP contribution is 2.40. The Morgan fingerprint density at radius 2 is 1.64 bits per heavy atom. The first-order chi connectivity index (χ1) is 13.8. The van der Waals surface area contributed by atoms with E-state index in [2.05, 4.69) is 16.3 Å². The summed E-state index contributed by atoms with van der Waals surface area (Å²) in [5, 5.41) is 10.7. The van der Waals surface area contributed by atoms with Gasteiger partial charge in [0.15, 0.2) is 6.61 Å². The summed E-state index contributed by atoms with van der Waals surface area (Å²) < 4.78 is 11.6. The van der Waals surface area contributed by atoms with Gasteiger partial charge in [-0.2, -0.15) is 0 Å². The lowest BCUT2D eigenvalue weighted by Crippen LogP contribution is -2.40. The minimum atomic E-state index is 0.0239. The van der Waals surface area contributed by atoms with E-state index in [0.29, 0.717) is 19.0 Å². The molecule has 0 radical (unpaired) electrons. The zero-order chi connectivity index (χ0) is 18.9. The molecule has 1 aliphatic heterocycles. The Morgan fingerprint density at radius 1 is 0.964 bits per heavy atom. The predicted octanol–water partition coefficient (Wildman–Crippen LogP) is 3.89. The van der Waals surface area contributed by atoms with E-state index in [-0.39, 0.29) is 18.4 Å². The van der Waals surface area contributed by atoms with Crippen molar-refractivity contribution < 1.29 is 13.9 Å². The van der Waals surface area contributed by atoms with Gasteiger partial charge in [0.2, 0.25) is 11.8 Å². The summed E-state index contributed by atoms with van der Waals surface area (Å²) in [5.41, 5.74) is 0. The van der Waals surface area contributed by atoms with E-state index in [0.717, 1.165) is 54.0 Å². The maximum atomic E-state index is 12.5. The molecule has 0 atom stereocenters. The highest BCUT2D eigenvalue weighted by molar-refractivity contribution is 5.84. The van der Waals surface area contributed by atoms with Crippen LogP contribution < -0.4 is 4.74 Å². The van der Waals surface area contributed by atoms with E-state index < -0.39 is 0 Å². The summed E-state index contributed by atoms with van der Waals surface area (Å²) >= 11 is 0. The van der Waals surface area contributed by atoms with Gasteiger partial charge in [0.25, 0.3) is 5.91 Å². The molecule has 0 N–H and O–H groups in total. The molecule has 1 saturated heterocycles. The standard InChI is InChI=1S/C22H23N3O3/c26-20(14-27-19-8-7-15-3-1-2-4-18(15)13-19)25-11-9-17(10-12-25)22-24-23-21(28-22)16-5-6-16/h1-4,7-8,13,16-17H,5-6,9-12,14H2. The van der Waals surface area contributed by atoms with Crippen molar-refractivity contribution in [1.29, 1.82) is 0 Å². The fourth-order valence-corrected chi connectivity index (χ4v) is 3.78. The summed E-state index contributed by atoms with van der Waals surface area (Å²) in [6.45, 7) is 1.47. The van der Waals surface area contributed by atoms with Gasteiger partial charge in [-0.1, -0.05) is 30.3 Å². The van der Waals surface area contributed by atoms with Gasteiger partial charge in [0.1, 0.15) is 5.75 Å². The molecule has 1 aliphatic carbocycles. The number of piperidine rings is 1. The Morgan fingerprint density at radius 3 is 2.36 bits per heavy atom. The molecule has 0 unspecified atom stereocenters. The van der Waals surface area contributed by atoms with Gasteiger partial charge in [-0.15, -0.1) is 10.2 Å². The lowest BCUT2D eigenvalue weighted by molar-refractivity contribution is -0.134. The van der Waals surface area contributed by atoms with Crippen LogP contribution in [0.5, 0.6) is 5.75 Å². The molecule has 5 rings (SSSR count). The summed E-state index contributed by atoms with van der Waals surface area (Å²) in [7, 11) is 0. The van der Waals surface area contributed by atoms with Crippen molar-refractivity contribution in [1.82, 2.24) is 15.1 Å². The zero-order valence-electron chi connectivity index (χ0n) is 15.7. The van der Waals surface area contributed by atoms with Crippen molar-refractivity contribution in [3.8, 4) is 5.75 Å². The number of likely N-dealkylation sites (tertiary alicyclic amines) is 1. The third-order valence-corrected chi connectivity index (χ3v) is 5.66. The first-order valence-electron chi connectivity index (χ1n) is 9.99. The molecular weight excluding hydrogens is 354 g/mol. The summed E-state index contributed by atoms with van der Waals surface area (Å²) in [6, 6.07) is 14.0. The van der Waals surface area contributed by atoms with E-state index >= 15 is 0 Å². The number of amides is 1. The van der Waals surface area contributed by atoms with E-state index in [1.54, 1.807) is 0 Å². The number of fused-ring (bicyclic) bond motifs is 1. The topological polar surface area (TPSA) is 68.5 Å². The van der Waals surface area contributed by atoms with Crippen molar-refractivity contribution in [2.24, 2.45) is 0 Å². The van der Waals surface area contributed by atoms with Gasteiger partial charge < -0.3 is 14.1 Å². The average Bonchev–Trinajstić information content (AvgIpc) is 3.48. The van der Waals surface area contributed by atoms with Crippen molar-refractivity contribution in [3.63, 3.8) is 0 Å². The van der Waals surface area contributed by atoms with E-state index in [9.17, 15) is 4.79 Å². The molecule has 6 heteroatoms. The molecule has 2 heterocycles. The van der Waals surface area contributed by atoms with E-state index in [1.807, 2.05) is 41.3 Å². The number of carbonyl (C=O) groups is 1. The van der Waals surface area contributed by atoms with Crippen LogP contribution in [0.15, 0.2) is 46.9 Å². The molecule has 2 aliphatic rings. The first-order valence-corrected chi connectivity index (χ1v) is 9.99. The fraction of sp³-hybridized carbons (Fsp3) is 0.409. The third-order valence-electron chi connectivity index (χ3n) is 5.66. The molecule has 3 aromatic rings. The van der Waals surface area contributed by atoms with Crippen LogP contribution in [0.25, 0.3) is 10.8 Å². The minimum Gasteiger partial charge on any atom is -0.484 e. The zero-order valence-corrected chi connectivity index (χ0v) is 15.7. The lowest BCUT2D eigenvalue weighted by Gasteiger charge is -2.30. The van der Waals surface area contributed by atoms with Crippen LogP contribution in [-0.2, 0) is 4.79 Å². The van der Waals surface area contributed by atoms with Gasteiger partial charge in [-0.05, 0) is 48.6 Å². The molecule has 0 spiro atoms. The fourth-order valence-electron chi connectivity index (χ4n) is 3.78. The van der Waals surface area contributed by atoms with Gasteiger partial charge in [-0.25, -0.2) is 0 Å². The van der Waals surface area contributed by atoms with Crippen LogP contribution in [0, 0.1) is 0 Å². The van der Waals surface area contributed by atoms with Crippen molar-refractivity contribution >= 4 is 16.7 Å². The highest BCUT2D eigenvalue weighted by atomic mass is 16.5. The number of hydrogen-bond donors (Lipinski definition) is 0. The highest BCUT2D eigenvalue weighted by Gasteiger charge is 2.32. The van der Waals surface area contributed by atoms with Gasteiger partial charge in [-0.3, -0.25) is 4.79 Å². The summed E-state index contributed by atoms with van der Waals surface area (Å²) in [6.07, 6.45) is 4.03. The monoisotopic (exact) mass is 377 g/mol. The quantitative estimate of drug-likeness (QED) is 0.675. The van der Waals surface area contributed by atoms with Crippen LogP contribution in [0.1, 0.15) is 49.3 Å². The molecule has 1 aromatic heterocycles.